The van der Waals surface area contributed by atoms with Gasteiger partial charge in [-0.15, -0.1) is 11.8 Å². The van der Waals surface area contributed by atoms with Crippen LogP contribution >= 0.6 is 11.8 Å². The van der Waals surface area contributed by atoms with Gasteiger partial charge in [-0.05, 0) is 18.4 Å². The molecule has 0 aromatic heterocycles. The van der Waals surface area contributed by atoms with E-state index >= 15 is 0 Å². The van der Waals surface area contributed by atoms with Crippen LogP contribution in [0.3, 0.4) is 0 Å². The van der Waals surface area contributed by atoms with E-state index < -0.39 is 20.8 Å². The van der Waals surface area contributed by atoms with Gasteiger partial charge in [-0.2, -0.15) is 0 Å². The quantitative estimate of drug-likeness (QED) is 0.359. The Morgan fingerprint density at radius 2 is 2.00 bits per heavy atom. The summed E-state index contributed by atoms with van der Waals surface area (Å²) in [5, 5.41) is 0. The number of halogens is 1. The molecule has 0 saturated heterocycles. The molecule has 0 amide bonds. The third-order valence-corrected chi connectivity index (χ3v) is 3.22. The van der Waals surface area contributed by atoms with Crippen LogP contribution in [0, 0.1) is 5.82 Å². The molecule has 0 heterocycles. The topological polar surface area (TPSA) is 57.2 Å². The van der Waals surface area contributed by atoms with Crippen molar-refractivity contribution in [3.8, 4) is 0 Å². The number of hydrogen-bond donors (Lipinski definition) is 0. The van der Waals surface area contributed by atoms with Gasteiger partial charge in [-0.25, -0.2) is 12.8 Å². The second-order valence-electron chi connectivity index (χ2n) is 2.23. The van der Waals surface area contributed by atoms with Crippen LogP contribution < -0.4 is 29.6 Å². The molecule has 0 saturated carbocycles. The molecule has 72 valence electrons. The maximum Gasteiger partial charge on any atom is 1.00 e. The van der Waals surface area contributed by atoms with Crippen molar-refractivity contribution >= 4 is 21.9 Å². The molecule has 1 aromatic rings. The fraction of sp³-hybridized carbons (Fsp3) is 0.143. The number of thioether (sulfide) groups is 1. The average molecular weight is 244 g/mol. The van der Waals surface area contributed by atoms with Crippen LogP contribution in [0.1, 0.15) is 0 Å². The van der Waals surface area contributed by atoms with Crippen molar-refractivity contribution in [3.05, 3.63) is 24.0 Å². The number of hydrogen-bond acceptors (Lipinski definition) is 4. The second-order valence-corrected chi connectivity index (χ2v) is 4.39. The van der Waals surface area contributed by atoms with Crippen LogP contribution in [0.5, 0.6) is 0 Å². The van der Waals surface area contributed by atoms with Gasteiger partial charge in [0.2, 0.25) is 0 Å². The molecule has 3 nitrogen and oxygen atoms in total. The molecule has 0 aliphatic rings. The summed E-state index contributed by atoms with van der Waals surface area (Å²) in [6, 6.07) is 3.69. The van der Waals surface area contributed by atoms with Crippen molar-refractivity contribution in [1.29, 1.82) is 0 Å². The van der Waals surface area contributed by atoms with Crippen molar-refractivity contribution in [2.24, 2.45) is 0 Å². The predicted octanol–water partition coefficient (Wildman–Crippen LogP) is -1.54. The Kier molecular flexibility index (Phi) is 5.64. The molecular formula is C7H6FNaO3S2. The van der Waals surface area contributed by atoms with Crippen LogP contribution in [0.2, 0.25) is 0 Å². The van der Waals surface area contributed by atoms with Crippen LogP contribution in [0.15, 0.2) is 28.0 Å². The summed E-state index contributed by atoms with van der Waals surface area (Å²) in [6.07, 6.45) is 1.57. The van der Waals surface area contributed by atoms with Crippen molar-refractivity contribution < 1.29 is 46.9 Å². The van der Waals surface area contributed by atoms with Crippen LogP contribution in [0.4, 0.5) is 4.39 Å². The fourth-order valence-corrected chi connectivity index (χ4v) is 2.57. The smallest absolute Gasteiger partial charge is 0.744 e. The summed E-state index contributed by atoms with van der Waals surface area (Å²) in [6.45, 7) is 0. The first-order valence-electron chi connectivity index (χ1n) is 3.25. The monoisotopic (exact) mass is 244 g/mol. The van der Waals surface area contributed by atoms with Gasteiger partial charge in [0.25, 0.3) is 0 Å². The number of benzene rings is 1. The molecule has 0 spiro atoms. The van der Waals surface area contributed by atoms with E-state index in [4.69, 9.17) is 0 Å². The van der Waals surface area contributed by atoms with Crippen molar-refractivity contribution in [2.45, 2.75) is 9.79 Å². The zero-order valence-electron chi connectivity index (χ0n) is 7.65. The summed E-state index contributed by atoms with van der Waals surface area (Å²) in [5.41, 5.74) is 0. The Hall–Kier alpha value is 0.410. The number of rotatable bonds is 2. The first kappa shape index (κ1) is 14.4. The molecule has 0 bridgehead atoms. The van der Waals surface area contributed by atoms with Crippen molar-refractivity contribution in [1.82, 2.24) is 0 Å². The standard InChI is InChI=1S/C7H7FO3S2.Na/c1-12-6-4-2-3-5(8)7(6)13(9,10)11;/h2-4H,1H3,(H,9,10,11);/q;+1/p-1. The zero-order valence-corrected chi connectivity index (χ0v) is 11.3. The van der Waals surface area contributed by atoms with Gasteiger partial charge in [0.15, 0.2) is 0 Å². The van der Waals surface area contributed by atoms with E-state index in [0.717, 1.165) is 17.8 Å². The van der Waals surface area contributed by atoms with Gasteiger partial charge in [0, 0.05) is 4.90 Å². The minimum Gasteiger partial charge on any atom is -0.744 e. The van der Waals surface area contributed by atoms with E-state index in [1.54, 1.807) is 6.26 Å². The average Bonchev–Trinajstić information content (AvgIpc) is 2.01. The first-order chi connectivity index (χ1) is 5.96. The molecule has 0 aliphatic carbocycles. The summed E-state index contributed by atoms with van der Waals surface area (Å²) in [7, 11) is -4.72. The van der Waals surface area contributed by atoms with Crippen LogP contribution in [-0.2, 0) is 10.1 Å². The molecule has 1 aromatic carbocycles. The Morgan fingerprint density at radius 1 is 1.43 bits per heavy atom. The summed E-state index contributed by atoms with van der Waals surface area (Å²) in [5.74, 6) is -0.998. The van der Waals surface area contributed by atoms with Gasteiger partial charge in [0.1, 0.15) is 20.8 Å². The van der Waals surface area contributed by atoms with E-state index in [9.17, 15) is 17.4 Å². The summed E-state index contributed by atoms with van der Waals surface area (Å²) >= 11 is 1.02. The Balaban J connectivity index is 0.00000169. The SMILES string of the molecule is CSc1cccc(F)c1S(=O)(=O)[O-].[Na+]. The molecule has 0 fully saturated rings. The van der Waals surface area contributed by atoms with E-state index in [1.165, 1.54) is 12.1 Å². The third-order valence-electron chi connectivity index (χ3n) is 1.40. The first-order valence-corrected chi connectivity index (χ1v) is 5.88. The second kappa shape index (κ2) is 5.48. The van der Waals surface area contributed by atoms with Crippen LogP contribution in [-0.4, -0.2) is 19.2 Å². The molecule has 14 heavy (non-hydrogen) atoms. The van der Waals surface area contributed by atoms with E-state index in [-0.39, 0.29) is 34.5 Å². The van der Waals surface area contributed by atoms with E-state index in [1.807, 2.05) is 0 Å². The van der Waals surface area contributed by atoms with Crippen LogP contribution in [0.25, 0.3) is 0 Å². The summed E-state index contributed by atoms with van der Waals surface area (Å²) in [4.78, 5) is -0.627. The van der Waals surface area contributed by atoms with E-state index in [0.29, 0.717) is 0 Å². The van der Waals surface area contributed by atoms with Gasteiger partial charge in [-0.1, -0.05) is 6.07 Å². The van der Waals surface area contributed by atoms with Gasteiger partial charge < -0.3 is 4.55 Å². The molecule has 0 atom stereocenters. The molecule has 0 aliphatic heterocycles. The largest absolute Gasteiger partial charge is 1.00 e. The predicted molar refractivity (Wildman–Crippen MR) is 46.1 cm³/mol. The summed E-state index contributed by atoms with van der Waals surface area (Å²) < 4.78 is 44.8. The molecule has 1 rings (SSSR count). The van der Waals surface area contributed by atoms with Gasteiger partial charge in [0.05, 0.1) is 0 Å². The zero-order chi connectivity index (χ0) is 10.1. The van der Waals surface area contributed by atoms with E-state index in [2.05, 4.69) is 0 Å². The molecular weight excluding hydrogens is 238 g/mol. The normalized spacial score (nSPS) is 10.8. The van der Waals surface area contributed by atoms with Gasteiger partial charge in [-0.3, -0.25) is 0 Å². The van der Waals surface area contributed by atoms with Gasteiger partial charge >= 0.3 is 29.6 Å². The third kappa shape index (κ3) is 3.22. The maximum atomic E-state index is 12.9. The molecule has 7 heteroatoms. The Morgan fingerprint density at radius 3 is 2.36 bits per heavy atom. The maximum absolute atomic E-state index is 12.9. The molecule has 0 unspecified atom stereocenters. The molecule has 0 radical (unpaired) electrons. The molecule has 0 N–H and O–H groups in total. The Labute approximate surface area is 108 Å². The minimum absolute atomic E-state index is 0. The fourth-order valence-electron chi connectivity index (χ4n) is 0.892. The minimum atomic E-state index is -4.72. The Bertz CT molecular complexity index is 419. The van der Waals surface area contributed by atoms with Crippen molar-refractivity contribution in [3.63, 3.8) is 0 Å². The van der Waals surface area contributed by atoms with Crippen molar-refractivity contribution in [2.75, 3.05) is 6.26 Å².